The van der Waals surface area contributed by atoms with Crippen molar-refractivity contribution >= 4 is 16.9 Å². The molecule has 0 spiro atoms. The van der Waals surface area contributed by atoms with Crippen LogP contribution in [-0.2, 0) is 11.3 Å². The number of benzene rings is 1. The Bertz CT molecular complexity index is 1260. The number of hydrogen-bond donors (Lipinski definition) is 1. The molecule has 0 saturated carbocycles. The molecular weight excluding hydrogens is 446 g/mol. The summed E-state index contributed by atoms with van der Waals surface area (Å²) in [5, 5.41) is 10.5. The van der Waals surface area contributed by atoms with Gasteiger partial charge in [-0.25, -0.2) is 4.79 Å². The molecule has 0 radical (unpaired) electrons. The number of ether oxygens (including phenoxy) is 2. The van der Waals surface area contributed by atoms with E-state index in [0.717, 1.165) is 50.1 Å². The number of carboxylic acids is 1. The predicted octanol–water partition coefficient (Wildman–Crippen LogP) is 4.61. The van der Waals surface area contributed by atoms with E-state index in [1.165, 1.54) is 17.0 Å². The highest BCUT2D eigenvalue weighted by Crippen LogP contribution is 2.34. The molecular formula is C27H29N3O5. The number of piperidine rings is 1. The van der Waals surface area contributed by atoms with E-state index >= 15 is 0 Å². The summed E-state index contributed by atoms with van der Waals surface area (Å²) in [5.41, 5.74) is 3.83. The van der Waals surface area contributed by atoms with Gasteiger partial charge in [0.05, 0.1) is 37.4 Å². The van der Waals surface area contributed by atoms with Gasteiger partial charge in [0.1, 0.15) is 11.3 Å². The molecule has 0 atom stereocenters. The van der Waals surface area contributed by atoms with Gasteiger partial charge in [0.15, 0.2) is 6.79 Å². The predicted molar refractivity (Wildman–Crippen MR) is 131 cm³/mol. The first-order chi connectivity index (χ1) is 17.2. The zero-order valence-corrected chi connectivity index (χ0v) is 19.5. The molecule has 0 aliphatic carbocycles. The van der Waals surface area contributed by atoms with Gasteiger partial charge in [0, 0.05) is 29.9 Å². The van der Waals surface area contributed by atoms with Gasteiger partial charge >= 0.3 is 5.97 Å². The number of carboxylic acid groups (broad SMARTS) is 1. The number of aromatic carboxylic acids is 1. The number of nitrogens with zero attached hydrogens (tertiary/aromatic N) is 3. The van der Waals surface area contributed by atoms with E-state index in [1.807, 2.05) is 18.5 Å². The van der Waals surface area contributed by atoms with Crippen LogP contribution in [0, 0.1) is 0 Å². The second-order valence-corrected chi connectivity index (χ2v) is 8.82. The fraction of sp³-hybridized carbons (Fsp3) is 0.333. The quantitative estimate of drug-likeness (QED) is 0.265. The van der Waals surface area contributed by atoms with E-state index < -0.39 is 5.97 Å². The van der Waals surface area contributed by atoms with Gasteiger partial charge in [-0.2, -0.15) is 0 Å². The molecule has 8 nitrogen and oxygen atoms in total. The van der Waals surface area contributed by atoms with Crippen LogP contribution in [0.5, 0.6) is 5.75 Å². The first-order valence-corrected chi connectivity index (χ1v) is 11.9. The number of hydrogen-bond acceptors (Lipinski definition) is 6. The number of furan rings is 1. The van der Waals surface area contributed by atoms with Crippen LogP contribution in [0.15, 0.2) is 71.9 Å². The molecule has 0 bridgehead atoms. The van der Waals surface area contributed by atoms with Crippen LogP contribution in [-0.4, -0.2) is 58.6 Å². The molecule has 0 amide bonds. The van der Waals surface area contributed by atoms with Crippen molar-refractivity contribution in [3.8, 4) is 5.75 Å². The van der Waals surface area contributed by atoms with Crippen molar-refractivity contribution in [2.45, 2.75) is 25.3 Å². The molecule has 1 aliphatic heterocycles. The van der Waals surface area contributed by atoms with Crippen molar-refractivity contribution in [1.82, 2.24) is 14.5 Å². The van der Waals surface area contributed by atoms with E-state index in [1.54, 1.807) is 30.7 Å². The van der Waals surface area contributed by atoms with Gasteiger partial charge < -0.3 is 28.5 Å². The Morgan fingerprint density at radius 3 is 2.83 bits per heavy atom. The second kappa shape index (κ2) is 10.8. The Morgan fingerprint density at radius 2 is 2.03 bits per heavy atom. The highest BCUT2D eigenvalue weighted by Gasteiger charge is 2.24. The Labute approximate surface area is 203 Å². The second-order valence-electron chi connectivity index (χ2n) is 8.82. The first kappa shape index (κ1) is 23.1. The zero-order chi connectivity index (χ0) is 24.0. The molecule has 3 aromatic heterocycles. The number of fused-ring (bicyclic) bond motifs is 1. The summed E-state index contributed by atoms with van der Waals surface area (Å²) in [6.07, 6.45) is 11.8. The third kappa shape index (κ3) is 5.39. The molecule has 182 valence electrons. The number of rotatable bonds is 10. The maximum absolute atomic E-state index is 11.3. The summed E-state index contributed by atoms with van der Waals surface area (Å²) in [4.78, 5) is 18.0. The molecule has 1 saturated heterocycles. The van der Waals surface area contributed by atoms with E-state index in [-0.39, 0.29) is 12.4 Å². The number of aromatic nitrogens is 2. The summed E-state index contributed by atoms with van der Waals surface area (Å²) in [6.45, 7) is 4.18. The fourth-order valence-electron chi connectivity index (χ4n) is 4.80. The van der Waals surface area contributed by atoms with E-state index in [9.17, 15) is 9.90 Å². The van der Waals surface area contributed by atoms with E-state index in [0.29, 0.717) is 18.3 Å². The molecule has 1 aromatic carbocycles. The molecule has 35 heavy (non-hydrogen) atoms. The first-order valence-electron chi connectivity index (χ1n) is 11.9. The molecule has 1 N–H and O–H groups in total. The zero-order valence-electron chi connectivity index (χ0n) is 19.5. The highest BCUT2D eigenvalue weighted by atomic mass is 16.7. The SMILES string of the molecule is O=C(O)c1ccccc1OCOCCN1CCC(c2cn(Cc3ccoc3)c3cnccc23)CC1. The third-order valence-electron chi connectivity index (χ3n) is 6.64. The number of para-hydroxylation sites is 1. The lowest BCUT2D eigenvalue weighted by atomic mass is 9.89. The van der Waals surface area contributed by atoms with Crippen molar-refractivity contribution in [2.75, 3.05) is 33.0 Å². The van der Waals surface area contributed by atoms with Crippen molar-refractivity contribution in [3.63, 3.8) is 0 Å². The van der Waals surface area contributed by atoms with Gasteiger partial charge in [-0.15, -0.1) is 0 Å². The summed E-state index contributed by atoms with van der Waals surface area (Å²) in [5.74, 6) is -0.175. The fourth-order valence-corrected chi connectivity index (χ4v) is 4.80. The van der Waals surface area contributed by atoms with E-state index in [4.69, 9.17) is 13.9 Å². The van der Waals surface area contributed by atoms with Crippen LogP contribution in [0.4, 0.5) is 0 Å². The minimum Gasteiger partial charge on any atom is -0.478 e. The van der Waals surface area contributed by atoms with Crippen LogP contribution in [0.1, 0.15) is 40.2 Å². The minimum atomic E-state index is -1.01. The van der Waals surface area contributed by atoms with Crippen LogP contribution in [0.3, 0.4) is 0 Å². The van der Waals surface area contributed by atoms with Crippen molar-refractivity contribution in [1.29, 1.82) is 0 Å². The molecule has 1 fully saturated rings. The van der Waals surface area contributed by atoms with Gasteiger partial charge in [-0.05, 0) is 61.7 Å². The van der Waals surface area contributed by atoms with Crippen LogP contribution >= 0.6 is 0 Å². The third-order valence-corrected chi connectivity index (χ3v) is 6.64. The Kier molecular flexibility index (Phi) is 7.11. The smallest absolute Gasteiger partial charge is 0.339 e. The lowest BCUT2D eigenvalue weighted by Gasteiger charge is -2.31. The normalized spacial score (nSPS) is 15.0. The lowest BCUT2D eigenvalue weighted by Crippen LogP contribution is -2.35. The molecule has 5 rings (SSSR count). The monoisotopic (exact) mass is 475 g/mol. The maximum Gasteiger partial charge on any atom is 0.339 e. The summed E-state index contributed by atoms with van der Waals surface area (Å²) < 4.78 is 18.6. The Morgan fingerprint density at radius 1 is 1.17 bits per heavy atom. The van der Waals surface area contributed by atoms with Crippen molar-refractivity contribution in [3.05, 3.63) is 84.2 Å². The number of likely N-dealkylation sites (tertiary alicyclic amines) is 1. The molecule has 4 aromatic rings. The highest BCUT2D eigenvalue weighted by molar-refractivity contribution is 5.90. The van der Waals surface area contributed by atoms with Crippen molar-refractivity contribution in [2.24, 2.45) is 0 Å². The largest absolute Gasteiger partial charge is 0.478 e. The van der Waals surface area contributed by atoms with Gasteiger partial charge in [0.2, 0.25) is 0 Å². The summed E-state index contributed by atoms with van der Waals surface area (Å²) in [7, 11) is 0. The summed E-state index contributed by atoms with van der Waals surface area (Å²) in [6, 6.07) is 10.7. The average molecular weight is 476 g/mol. The molecule has 4 heterocycles. The lowest BCUT2D eigenvalue weighted by molar-refractivity contribution is 0.00242. The van der Waals surface area contributed by atoms with E-state index in [2.05, 4.69) is 26.7 Å². The number of carbonyl (C=O) groups is 1. The maximum atomic E-state index is 11.3. The van der Waals surface area contributed by atoms with Gasteiger partial charge in [-0.1, -0.05) is 12.1 Å². The Hall–Kier alpha value is -3.62. The van der Waals surface area contributed by atoms with Crippen LogP contribution in [0.25, 0.3) is 10.9 Å². The summed E-state index contributed by atoms with van der Waals surface area (Å²) >= 11 is 0. The Balaban J connectivity index is 1.11. The minimum absolute atomic E-state index is 0.0327. The van der Waals surface area contributed by atoms with Crippen LogP contribution in [0.2, 0.25) is 0 Å². The molecule has 0 unspecified atom stereocenters. The number of pyridine rings is 1. The van der Waals surface area contributed by atoms with Crippen molar-refractivity contribution < 1.29 is 23.8 Å². The molecule has 8 heteroatoms. The van der Waals surface area contributed by atoms with Gasteiger partial charge in [-0.3, -0.25) is 4.98 Å². The van der Waals surface area contributed by atoms with Crippen LogP contribution < -0.4 is 4.74 Å². The molecule has 1 aliphatic rings. The van der Waals surface area contributed by atoms with Gasteiger partial charge in [0.25, 0.3) is 0 Å². The topological polar surface area (TPSA) is 90.0 Å². The standard InChI is InChI=1S/C27H29N3O5/c31-27(32)23-3-1-2-4-26(23)35-19-34-14-12-29-10-6-21(7-11-29)24-17-30(16-20-8-13-33-18-20)25-15-28-9-5-22(24)25/h1-5,8-9,13,15,17-18,21H,6-7,10-12,14,16,19H2,(H,31,32). The average Bonchev–Trinajstić information content (AvgIpc) is 3.53.